The molecular weight excluding hydrogens is 381 g/mol. The summed E-state index contributed by atoms with van der Waals surface area (Å²) in [5.41, 5.74) is 1.67. The van der Waals surface area contributed by atoms with Crippen LogP contribution < -0.4 is 5.32 Å². The second-order valence-electron chi connectivity index (χ2n) is 6.26. The quantitative estimate of drug-likeness (QED) is 0.572. The van der Waals surface area contributed by atoms with E-state index in [4.69, 9.17) is 9.15 Å². The molecule has 28 heavy (non-hydrogen) atoms. The molecule has 1 aromatic heterocycles. The van der Waals surface area contributed by atoms with E-state index in [9.17, 15) is 14.0 Å². The molecule has 0 radical (unpaired) electrons. The zero-order valence-corrected chi connectivity index (χ0v) is 16.1. The second kappa shape index (κ2) is 9.41. The van der Waals surface area contributed by atoms with Crippen LogP contribution in [0, 0.1) is 5.82 Å². The van der Waals surface area contributed by atoms with Gasteiger partial charge >= 0.3 is 5.97 Å². The highest BCUT2D eigenvalue weighted by molar-refractivity contribution is 7.99. The number of halogens is 1. The van der Waals surface area contributed by atoms with Crippen LogP contribution in [0.15, 0.2) is 59.0 Å². The predicted octanol–water partition coefficient (Wildman–Crippen LogP) is 4.23. The van der Waals surface area contributed by atoms with Crippen molar-refractivity contribution in [3.05, 3.63) is 71.7 Å². The Morgan fingerprint density at radius 2 is 1.93 bits per heavy atom. The average Bonchev–Trinajstić information content (AvgIpc) is 3.12. The number of thioether (sulfide) groups is 1. The Bertz CT molecular complexity index is 921. The molecule has 1 heterocycles. The molecule has 0 aliphatic heterocycles. The molecule has 0 aliphatic rings. The molecule has 0 saturated heterocycles. The van der Waals surface area contributed by atoms with Crippen LogP contribution in [0.3, 0.4) is 0 Å². The number of hydrogen-bond donors (Lipinski definition) is 1. The Hall–Kier alpha value is -2.80. The van der Waals surface area contributed by atoms with Crippen molar-refractivity contribution in [2.24, 2.45) is 0 Å². The molecule has 0 bridgehead atoms. The monoisotopic (exact) mass is 401 g/mol. The summed E-state index contributed by atoms with van der Waals surface area (Å²) in [4.78, 5) is 23.8. The Morgan fingerprint density at radius 1 is 1.18 bits per heavy atom. The number of carbonyl (C=O) groups excluding carboxylic acids is 2. The van der Waals surface area contributed by atoms with Crippen molar-refractivity contribution in [2.45, 2.75) is 18.7 Å². The van der Waals surface area contributed by atoms with Crippen molar-refractivity contribution in [1.29, 1.82) is 0 Å². The SMILES string of the molecule is CC(NC(=O)COC(=O)CSCc1ccc(F)cc1)c1cc2ccccc2o1. The highest BCUT2D eigenvalue weighted by atomic mass is 32.2. The fraction of sp³-hybridized carbons (Fsp3) is 0.238. The van der Waals surface area contributed by atoms with Crippen LogP contribution in [0.4, 0.5) is 4.39 Å². The van der Waals surface area contributed by atoms with Gasteiger partial charge in [-0.15, -0.1) is 11.8 Å². The van der Waals surface area contributed by atoms with Crippen molar-refractivity contribution in [3.8, 4) is 0 Å². The van der Waals surface area contributed by atoms with E-state index in [-0.39, 0.29) is 24.2 Å². The second-order valence-corrected chi connectivity index (χ2v) is 7.24. The molecule has 0 saturated carbocycles. The van der Waals surface area contributed by atoms with Crippen LogP contribution in [0.5, 0.6) is 0 Å². The van der Waals surface area contributed by atoms with Gasteiger partial charge in [0.05, 0.1) is 11.8 Å². The van der Waals surface area contributed by atoms with Crippen LogP contribution in [0.2, 0.25) is 0 Å². The van der Waals surface area contributed by atoms with Crippen LogP contribution in [0.25, 0.3) is 11.0 Å². The number of rotatable bonds is 8. The minimum absolute atomic E-state index is 0.115. The maximum Gasteiger partial charge on any atom is 0.316 e. The van der Waals surface area contributed by atoms with E-state index >= 15 is 0 Å². The van der Waals surface area contributed by atoms with Crippen molar-refractivity contribution in [2.75, 3.05) is 12.4 Å². The maximum atomic E-state index is 12.8. The van der Waals surface area contributed by atoms with Crippen molar-refractivity contribution >= 4 is 34.6 Å². The van der Waals surface area contributed by atoms with Crippen LogP contribution in [-0.2, 0) is 20.1 Å². The number of ether oxygens (including phenoxy) is 1. The number of benzene rings is 2. The topological polar surface area (TPSA) is 68.5 Å². The molecule has 3 rings (SSSR count). The van der Waals surface area contributed by atoms with Gasteiger partial charge in [0.2, 0.25) is 0 Å². The van der Waals surface area contributed by atoms with E-state index in [1.807, 2.05) is 30.3 Å². The molecule has 1 amide bonds. The first-order chi connectivity index (χ1) is 13.5. The van der Waals surface area contributed by atoms with Crippen LogP contribution >= 0.6 is 11.8 Å². The van der Waals surface area contributed by atoms with Gasteiger partial charge in [-0.25, -0.2) is 4.39 Å². The van der Waals surface area contributed by atoms with Gasteiger partial charge < -0.3 is 14.5 Å². The summed E-state index contributed by atoms with van der Waals surface area (Å²) in [5.74, 6) is 0.143. The third kappa shape index (κ3) is 5.60. The summed E-state index contributed by atoms with van der Waals surface area (Å²) in [6.07, 6.45) is 0. The first-order valence-electron chi connectivity index (χ1n) is 8.77. The Kier molecular flexibility index (Phi) is 6.71. The number of amides is 1. The third-order valence-corrected chi connectivity index (χ3v) is 4.99. The van der Waals surface area contributed by atoms with Crippen molar-refractivity contribution in [1.82, 2.24) is 5.32 Å². The molecule has 1 N–H and O–H groups in total. The standard InChI is InChI=1S/C21H20FNO4S/c1-14(19-10-16-4-2-3-5-18(16)27-19)23-20(24)11-26-21(25)13-28-12-15-6-8-17(22)9-7-15/h2-10,14H,11-13H2,1H3,(H,23,24). The lowest BCUT2D eigenvalue weighted by atomic mass is 10.2. The van der Waals surface area contributed by atoms with Crippen molar-refractivity contribution < 1.29 is 23.1 Å². The first kappa shape index (κ1) is 19.9. The highest BCUT2D eigenvalue weighted by Crippen LogP contribution is 2.23. The van der Waals surface area contributed by atoms with Gasteiger partial charge in [0, 0.05) is 11.1 Å². The van der Waals surface area contributed by atoms with Crippen LogP contribution in [-0.4, -0.2) is 24.2 Å². The Labute approximate surface area is 166 Å². The molecule has 5 nitrogen and oxygen atoms in total. The van der Waals surface area contributed by atoms with Gasteiger partial charge in [0.15, 0.2) is 6.61 Å². The number of carbonyl (C=O) groups is 2. The number of para-hydroxylation sites is 1. The molecule has 7 heteroatoms. The van der Waals surface area contributed by atoms with E-state index in [0.29, 0.717) is 11.5 Å². The summed E-state index contributed by atoms with van der Waals surface area (Å²) < 4.78 is 23.5. The molecule has 2 aromatic carbocycles. The number of hydrogen-bond acceptors (Lipinski definition) is 5. The minimum atomic E-state index is -0.473. The zero-order chi connectivity index (χ0) is 19.9. The zero-order valence-electron chi connectivity index (χ0n) is 15.3. The fourth-order valence-corrected chi connectivity index (χ4v) is 3.37. The van der Waals surface area contributed by atoms with Gasteiger partial charge in [0.1, 0.15) is 17.2 Å². The number of nitrogens with one attached hydrogen (secondary N) is 1. The molecule has 0 fully saturated rings. The maximum absolute atomic E-state index is 12.8. The van der Waals surface area contributed by atoms with Gasteiger partial charge in [-0.3, -0.25) is 9.59 Å². The predicted molar refractivity (Wildman–Crippen MR) is 106 cm³/mol. The fourth-order valence-electron chi connectivity index (χ4n) is 2.59. The highest BCUT2D eigenvalue weighted by Gasteiger charge is 2.15. The molecule has 1 unspecified atom stereocenters. The molecule has 1 atom stereocenters. The number of fused-ring (bicyclic) bond motifs is 1. The minimum Gasteiger partial charge on any atom is -0.459 e. The summed E-state index contributed by atoms with van der Waals surface area (Å²) >= 11 is 1.34. The molecule has 3 aromatic rings. The van der Waals surface area contributed by atoms with E-state index in [1.165, 1.54) is 23.9 Å². The number of esters is 1. The van der Waals surface area contributed by atoms with E-state index < -0.39 is 11.9 Å². The lowest BCUT2D eigenvalue weighted by Crippen LogP contribution is -2.31. The van der Waals surface area contributed by atoms with E-state index in [1.54, 1.807) is 19.1 Å². The van der Waals surface area contributed by atoms with Gasteiger partial charge in [-0.2, -0.15) is 0 Å². The van der Waals surface area contributed by atoms with Crippen molar-refractivity contribution in [3.63, 3.8) is 0 Å². The smallest absolute Gasteiger partial charge is 0.316 e. The first-order valence-corrected chi connectivity index (χ1v) is 9.92. The molecule has 146 valence electrons. The third-order valence-electron chi connectivity index (χ3n) is 4.02. The van der Waals surface area contributed by atoms with E-state index in [2.05, 4.69) is 5.32 Å². The lowest BCUT2D eigenvalue weighted by Gasteiger charge is -2.11. The Balaban J connectivity index is 1.38. The summed E-state index contributed by atoms with van der Waals surface area (Å²) in [6, 6.07) is 15.2. The normalized spacial score (nSPS) is 11.9. The van der Waals surface area contributed by atoms with Gasteiger partial charge in [-0.1, -0.05) is 30.3 Å². The summed E-state index contributed by atoms with van der Waals surface area (Å²) in [5, 5.41) is 3.71. The number of furan rings is 1. The van der Waals surface area contributed by atoms with Crippen LogP contribution in [0.1, 0.15) is 24.3 Å². The molecular formula is C21H20FNO4S. The molecule has 0 aliphatic carbocycles. The van der Waals surface area contributed by atoms with Gasteiger partial charge in [-0.05, 0) is 36.8 Å². The summed E-state index contributed by atoms with van der Waals surface area (Å²) in [6.45, 7) is 1.45. The molecule has 0 spiro atoms. The van der Waals surface area contributed by atoms with Gasteiger partial charge in [0.25, 0.3) is 5.91 Å². The lowest BCUT2D eigenvalue weighted by molar-refractivity contribution is -0.146. The summed E-state index contributed by atoms with van der Waals surface area (Å²) in [7, 11) is 0. The Morgan fingerprint density at radius 3 is 2.68 bits per heavy atom. The largest absolute Gasteiger partial charge is 0.459 e. The van der Waals surface area contributed by atoms with E-state index in [0.717, 1.165) is 16.5 Å². The average molecular weight is 401 g/mol.